The Morgan fingerprint density at radius 3 is 2.54 bits per heavy atom. The van der Waals surface area contributed by atoms with Gasteiger partial charge in [0, 0.05) is 23.5 Å². The van der Waals surface area contributed by atoms with Crippen LogP contribution in [-0.2, 0) is 13.0 Å². The number of carbonyl (C=O) groups is 1. The lowest BCUT2D eigenvalue weighted by Gasteiger charge is -2.23. The molecular formula is C21H20ClN3O. The van der Waals surface area contributed by atoms with Gasteiger partial charge in [-0.15, -0.1) is 0 Å². The molecule has 1 aromatic heterocycles. The number of pyridine rings is 1. The van der Waals surface area contributed by atoms with Gasteiger partial charge in [0.2, 0.25) is 0 Å². The van der Waals surface area contributed by atoms with Crippen LogP contribution in [0, 0.1) is 0 Å². The van der Waals surface area contributed by atoms with Crippen LogP contribution in [-0.4, -0.2) is 22.5 Å². The highest BCUT2D eigenvalue weighted by Crippen LogP contribution is 2.16. The highest BCUT2D eigenvalue weighted by atomic mass is 35.5. The average Bonchev–Trinajstić information content (AvgIpc) is 2.66. The molecule has 0 atom stereocenters. The predicted octanol–water partition coefficient (Wildman–Crippen LogP) is 5.01. The number of hydrogen-bond acceptors (Lipinski definition) is 2. The van der Waals surface area contributed by atoms with E-state index in [1.54, 1.807) is 23.2 Å². The van der Waals surface area contributed by atoms with Gasteiger partial charge in [0.15, 0.2) is 0 Å². The van der Waals surface area contributed by atoms with Crippen LogP contribution in [0.2, 0.25) is 5.02 Å². The first-order chi connectivity index (χ1) is 12.7. The fraction of sp³-hybridized carbons (Fsp3) is 0.143. The minimum atomic E-state index is -0.172. The summed E-state index contributed by atoms with van der Waals surface area (Å²) in [6, 6.07) is 22.8. The fourth-order valence-electron chi connectivity index (χ4n) is 2.62. The largest absolute Gasteiger partial charge is 0.322 e. The Labute approximate surface area is 158 Å². The van der Waals surface area contributed by atoms with Gasteiger partial charge in [-0.25, -0.2) is 4.79 Å². The number of carbonyl (C=O) groups excluding carboxylic acids is 1. The Hall–Kier alpha value is -2.85. The van der Waals surface area contributed by atoms with Crippen LogP contribution in [0.25, 0.3) is 0 Å². The predicted molar refractivity (Wildman–Crippen MR) is 105 cm³/mol. The molecule has 0 aliphatic heterocycles. The van der Waals surface area contributed by atoms with Gasteiger partial charge in [-0.1, -0.05) is 54.1 Å². The molecule has 0 fully saturated rings. The average molecular weight is 366 g/mol. The fourth-order valence-corrected chi connectivity index (χ4v) is 2.81. The summed E-state index contributed by atoms with van der Waals surface area (Å²) in [5.41, 5.74) is 2.71. The normalized spacial score (nSPS) is 10.3. The van der Waals surface area contributed by atoms with Crippen molar-refractivity contribution in [2.75, 3.05) is 11.9 Å². The number of hydrogen-bond donors (Lipinski definition) is 1. The molecule has 0 saturated heterocycles. The lowest BCUT2D eigenvalue weighted by molar-refractivity contribution is 0.209. The maximum atomic E-state index is 12.8. The van der Waals surface area contributed by atoms with E-state index >= 15 is 0 Å². The van der Waals surface area contributed by atoms with Crippen LogP contribution in [0.5, 0.6) is 0 Å². The van der Waals surface area contributed by atoms with E-state index in [0.29, 0.717) is 23.8 Å². The second-order valence-corrected chi connectivity index (χ2v) is 6.36. The Balaban J connectivity index is 1.71. The summed E-state index contributed by atoms with van der Waals surface area (Å²) in [7, 11) is 0. The van der Waals surface area contributed by atoms with E-state index < -0.39 is 0 Å². The molecule has 3 aromatic rings. The Morgan fingerprint density at radius 2 is 1.81 bits per heavy atom. The quantitative estimate of drug-likeness (QED) is 0.667. The molecule has 2 amide bonds. The van der Waals surface area contributed by atoms with Gasteiger partial charge in [0.1, 0.15) is 0 Å². The van der Waals surface area contributed by atoms with Gasteiger partial charge >= 0.3 is 6.03 Å². The van der Waals surface area contributed by atoms with Crippen LogP contribution in [0.3, 0.4) is 0 Å². The Bertz CT molecular complexity index is 840. The van der Waals surface area contributed by atoms with E-state index in [1.807, 2.05) is 48.5 Å². The molecule has 0 radical (unpaired) electrons. The van der Waals surface area contributed by atoms with Gasteiger partial charge in [0.25, 0.3) is 0 Å². The molecule has 2 aromatic carbocycles. The van der Waals surface area contributed by atoms with E-state index in [0.717, 1.165) is 12.1 Å². The molecule has 0 aliphatic rings. The monoisotopic (exact) mass is 365 g/mol. The third-order valence-electron chi connectivity index (χ3n) is 3.96. The molecule has 0 unspecified atom stereocenters. The van der Waals surface area contributed by atoms with Gasteiger partial charge in [-0.3, -0.25) is 4.98 Å². The number of amides is 2. The molecule has 26 heavy (non-hydrogen) atoms. The second kappa shape index (κ2) is 9.02. The zero-order chi connectivity index (χ0) is 18.2. The maximum Gasteiger partial charge on any atom is 0.322 e. The van der Waals surface area contributed by atoms with E-state index in [4.69, 9.17) is 11.6 Å². The van der Waals surface area contributed by atoms with Crippen molar-refractivity contribution in [2.45, 2.75) is 13.0 Å². The summed E-state index contributed by atoms with van der Waals surface area (Å²) in [4.78, 5) is 18.9. The summed E-state index contributed by atoms with van der Waals surface area (Å²) in [6.07, 6.45) is 2.51. The molecule has 4 nitrogen and oxygen atoms in total. The third-order valence-corrected chi connectivity index (χ3v) is 4.19. The SMILES string of the molecule is O=C(Nc1cccc(Cl)c1)N(CCc1ccccc1)Cc1ccccn1. The van der Waals surface area contributed by atoms with Crippen molar-refractivity contribution >= 4 is 23.3 Å². The third kappa shape index (κ3) is 5.33. The van der Waals surface area contributed by atoms with E-state index in [1.165, 1.54) is 5.56 Å². The molecule has 0 saturated carbocycles. The van der Waals surface area contributed by atoms with Crippen LogP contribution in [0.1, 0.15) is 11.3 Å². The standard InChI is InChI=1S/C21H20ClN3O/c22-18-9-6-11-19(15-18)24-21(26)25(16-20-10-4-5-13-23-20)14-12-17-7-2-1-3-8-17/h1-11,13,15H,12,14,16H2,(H,24,26). The molecule has 0 spiro atoms. The van der Waals surface area contributed by atoms with Crippen LogP contribution in [0.15, 0.2) is 79.0 Å². The van der Waals surface area contributed by atoms with Crippen LogP contribution >= 0.6 is 11.6 Å². The smallest absolute Gasteiger partial charge is 0.318 e. The zero-order valence-electron chi connectivity index (χ0n) is 14.3. The molecular weight excluding hydrogens is 346 g/mol. The number of rotatable bonds is 6. The summed E-state index contributed by atoms with van der Waals surface area (Å²) in [5.74, 6) is 0. The summed E-state index contributed by atoms with van der Waals surface area (Å²) < 4.78 is 0. The van der Waals surface area contributed by atoms with Crippen molar-refractivity contribution in [3.63, 3.8) is 0 Å². The van der Waals surface area contributed by atoms with Gasteiger partial charge in [-0.2, -0.15) is 0 Å². The van der Waals surface area contributed by atoms with Gasteiger partial charge < -0.3 is 10.2 Å². The Kier molecular flexibility index (Phi) is 6.23. The number of nitrogens with one attached hydrogen (secondary N) is 1. The molecule has 5 heteroatoms. The number of benzene rings is 2. The number of halogens is 1. The first-order valence-electron chi connectivity index (χ1n) is 8.46. The summed E-state index contributed by atoms with van der Waals surface area (Å²) in [6.45, 7) is 1.03. The van der Waals surface area contributed by atoms with Crippen molar-refractivity contribution in [2.24, 2.45) is 0 Å². The summed E-state index contributed by atoms with van der Waals surface area (Å²) in [5, 5.41) is 3.50. The molecule has 132 valence electrons. The minimum absolute atomic E-state index is 0.172. The highest BCUT2D eigenvalue weighted by molar-refractivity contribution is 6.30. The van der Waals surface area contributed by atoms with Crippen LogP contribution < -0.4 is 5.32 Å². The topological polar surface area (TPSA) is 45.2 Å². The molecule has 0 aliphatic carbocycles. The first kappa shape index (κ1) is 18.0. The maximum absolute atomic E-state index is 12.8. The lowest BCUT2D eigenvalue weighted by atomic mass is 10.1. The molecule has 1 heterocycles. The number of urea groups is 1. The first-order valence-corrected chi connectivity index (χ1v) is 8.84. The van der Waals surface area contributed by atoms with Crippen molar-refractivity contribution in [1.82, 2.24) is 9.88 Å². The van der Waals surface area contributed by atoms with Crippen molar-refractivity contribution < 1.29 is 4.79 Å². The Morgan fingerprint density at radius 1 is 1.00 bits per heavy atom. The summed E-state index contributed by atoms with van der Waals surface area (Å²) >= 11 is 6.00. The van der Waals surface area contributed by atoms with Crippen molar-refractivity contribution in [3.8, 4) is 0 Å². The molecule has 1 N–H and O–H groups in total. The van der Waals surface area contributed by atoms with Crippen LogP contribution in [0.4, 0.5) is 10.5 Å². The molecule has 3 rings (SSSR count). The van der Waals surface area contributed by atoms with E-state index in [9.17, 15) is 4.79 Å². The van der Waals surface area contributed by atoms with Crippen molar-refractivity contribution in [1.29, 1.82) is 0 Å². The minimum Gasteiger partial charge on any atom is -0.318 e. The van der Waals surface area contributed by atoms with Gasteiger partial charge in [0.05, 0.1) is 12.2 Å². The van der Waals surface area contributed by atoms with Crippen molar-refractivity contribution in [3.05, 3.63) is 95.3 Å². The lowest BCUT2D eigenvalue weighted by Crippen LogP contribution is -2.36. The van der Waals surface area contributed by atoms with Gasteiger partial charge in [-0.05, 0) is 42.3 Å². The highest BCUT2D eigenvalue weighted by Gasteiger charge is 2.15. The number of anilines is 1. The zero-order valence-corrected chi connectivity index (χ0v) is 15.1. The number of aromatic nitrogens is 1. The van der Waals surface area contributed by atoms with E-state index in [2.05, 4.69) is 22.4 Å². The number of nitrogens with zero attached hydrogens (tertiary/aromatic N) is 2. The molecule has 0 bridgehead atoms. The second-order valence-electron chi connectivity index (χ2n) is 5.92. The van der Waals surface area contributed by atoms with E-state index in [-0.39, 0.29) is 6.03 Å².